The molecule has 0 radical (unpaired) electrons. The van der Waals surface area contributed by atoms with Gasteiger partial charge in [0.2, 0.25) is 5.89 Å². The second kappa shape index (κ2) is 5.28. The van der Waals surface area contributed by atoms with E-state index in [4.69, 9.17) is 8.83 Å². The number of hydrogen-bond donors (Lipinski definition) is 1. The number of rotatable bonds is 5. The lowest BCUT2D eigenvalue weighted by Gasteiger charge is -1.96. The van der Waals surface area contributed by atoms with Crippen molar-refractivity contribution >= 4 is 11.0 Å². The Morgan fingerprint density at radius 2 is 2.05 bits per heavy atom. The van der Waals surface area contributed by atoms with Crippen LogP contribution in [-0.2, 0) is 6.54 Å². The Kier molecular flexibility index (Phi) is 3.33. The predicted molar refractivity (Wildman–Crippen MR) is 73.7 cm³/mol. The third kappa shape index (κ3) is 2.39. The SMILES string of the molecule is CCCNCc1coc(-c2coc3ccccc23)n1. The average Bonchev–Trinajstić information content (AvgIpc) is 3.05. The molecule has 2 heterocycles. The average molecular weight is 256 g/mol. The lowest BCUT2D eigenvalue weighted by molar-refractivity contribution is 0.566. The number of hydrogen-bond acceptors (Lipinski definition) is 4. The van der Waals surface area contributed by atoms with Crippen LogP contribution in [0.3, 0.4) is 0 Å². The van der Waals surface area contributed by atoms with Crippen LogP contribution in [0.15, 0.2) is 45.6 Å². The van der Waals surface area contributed by atoms with Crippen LogP contribution in [0.25, 0.3) is 22.4 Å². The fourth-order valence-electron chi connectivity index (χ4n) is 2.05. The third-order valence-corrected chi connectivity index (χ3v) is 3.00. The molecule has 19 heavy (non-hydrogen) atoms. The Morgan fingerprint density at radius 1 is 1.16 bits per heavy atom. The van der Waals surface area contributed by atoms with Crippen molar-refractivity contribution in [1.82, 2.24) is 10.3 Å². The van der Waals surface area contributed by atoms with Crippen molar-refractivity contribution in [3.05, 3.63) is 42.5 Å². The summed E-state index contributed by atoms with van der Waals surface area (Å²) in [5.74, 6) is 0.609. The summed E-state index contributed by atoms with van der Waals surface area (Å²) in [6.45, 7) is 3.85. The van der Waals surface area contributed by atoms with E-state index in [0.29, 0.717) is 5.89 Å². The highest BCUT2D eigenvalue weighted by Crippen LogP contribution is 2.29. The van der Waals surface area contributed by atoms with Crippen molar-refractivity contribution in [2.45, 2.75) is 19.9 Å². The molecule has 0 fully saturated rings. The molecule has 0 aliphatic rings. The van der Waals surface area contributed by atoms with E-state index in [9.17, 15) is 0 Å². The molecular weight excluding hydrogens is 240 g/mol. The van der Waals surface area contributed by atoms with Crippen molar-refractivity contribution in [2.75, 3.05) is 6.54 Å². The van der Waals surface area contributed by atoms with E-state index in [1.165, 1.54) is 0 Å². The number of nitrogens with zero attached hydrogens (tertiary/aromatic N) is 1. The molecule has 98 valence electrons. The van der Waals surface area contributed by atoms with Crippen LogP contribution in [0.5, 0.6) is 0 Å². The summed E-state index contributed by atoms with van der Waals surface area (Å²) in [4.78, 5) is 4.49. The number of benzene rings is 1. The quantitative estimate of drug-likeness (QED) is 0.709. The van der Waals surface area contributed by atoms with Crippen molar-refractivity contribution in [3.63, 3.8) is 0 Å². The van der Waals surface area contributed by atoms with Crippen LogP contribution in [0.4, 0.5) is 0 Å². The van der Waals surface area contributed by atoms with E-state index < -0.39 is 0 Å². The molecule has 0 saturated carbocycles. The van der Waals surface area contributed by atoms with Gasteiger partial charge >= 0.3 is 0 Å². The van der Waals surface area contributed by atoms with Gasteiger partial charge in [-0.25, -0.2) is 4.98 Å². The van der Waals surface area contributed by atoms with Crippen molar-refractivity contribution < 1.29 is 8.83 Å². The highest BCUT2D eigenvalue weighted by Gasteiger charge is 2.12. The largest absolute Gasteiger partial charge is 0.463 e. The summed E-state index contributed by atoms with van der Waals surface area (Å²) < 4.78 is 11.0. The third-order valence-electron chi connectivity index (χ3n) is 3.00. The summed E-state index contributed by atoms with van der Waals surface area (Å²) in [7, 11) is 0. The second-order valence-corrected chi connectivity index (χ2v) is 4.47. The first kappa shape index (κ1) is 12.0. The van der Waals surface area contributed by atoms with Gasteiger partial charge in [0.15, 0.2) is 0 Å². The molecule has 1 N–H and O–H groups in total. The first-order valence-electron chi connectivity index (χ1n) is 6.50. The molecule has 4 nitrogen and oxygen atoms in total. The minimum Gasteiger partial charge on any atom is -0.463 e. The number of furan rings is 1. The Bertz CT molecular complexity index is 669. The maximum absolute atomic E-state index is 5.54. The molecular formula is C15H16N2O2. The molecule has 1 aromatic carbocycles. The van der Waals surface area contributed by atoms with E-state index >= 15 is 0 Å². The molecule has 0 aliphatic heterocycles. The van der Waals surface area contributed by atoms with Gasteiger partial charge < -0.3 is 14.2 Å². The van der Waals surface area contributed by atoms with Crippen LogP contribution in [0.1, 0.15) is 19.0 Å². The van der Waals surface area contributed by atoms with Gasteiger partial charge in [0.1, 0.15) is 18.1 Å². The second-order valence-electron chi connectivity index (χ2n) is 4.47. The summed E-state index contributed by atoms with van der Waals surface area (Å²) in [6, 6.07) is 7.87. The van der Waals surface area contributed by atoms with E-state index in [0.717, 1.165) is 41.7 Å². The molecule has 2 aromatic heterocycles. The van der Waals surface area contributed by atoms with Crippen LogP contribution >= 0.6 is 0 Å². The molecule has 4 heteroatoms. The van der Waals surface area contributed by atoms with Gasteiger partial charge in [-0.1, -0.05) is 25.1 Å². The molecule has 0 unspecified atom stereocenters. The molecule has 3 rings (SSSR count). The highest BCUT2D eigenvalue weighted by atomic mass is 16.3. The van der Waals surface area contributed by atoms with Crippen LogP contribution < -0.4 is 5.32 Å². The summed E-state index contributed by atoms with van der Waals surface area (Å²) in [5.41, 5.74) is 2.66. The van der Waals surface area contributed by atoms with E-state index in [-0.39, 0.29) is 0 Å². The maximum atomic E-state index is 5.54. The Hall–Kier alpha value is -2.07. The fraction of sp³-hybridized carbons (Fsp3) is 0.267. The van der Waals surface area contributed by atoms with Crippen LogP contribution in [-0.4, -0.2) is 11.5 Å². The topological polar surface area (TPSA) is 51.2 Å². The monoisotopic (exact) mass is 256 g/mol. The Balaban J connectivity index is 1.86. The van der Waals surface area contributed by atoms with Gasteiger partial charge in [-0.15, -0.1) is 0 Å². The number of oxazole rings is 1. The molecule has 0 atom stereocenters. The summed E-state index contributed by atoms with van der Waals surface area (Å²) in [5, 5.41) is 4.33. The molecule has 0 aliphatic carbocycles. The molecule has 0 spiro atoms. The normalized spacial score (nSPS) is 11.2. The van der Waals surface area contributed by atoms with Gasteiger partial charge in [-0.05, 0) is 19.0 Å². The van der Waals surface area contributed by atoms with E-state index in [1.54, 1.807) is 12.5 Å². The predicted octanol–water partition coefficient (Wildman–Crippen LogP) is 3.59. The first-order chi connectivity index (χ1) is 9.38. The van der Waals surface area contributed by atoms with Crippen molar-refractivity contribution in [1.29, 1.82) is 0 Å². The fourth-order valence-corrected chi connectivity index (χ4v) is 2.05. The van der Waals surface area contributed by atoms with Crippen LogP contribution in [0, 0.1) is 0 Å². The Labute approximate surface area is 111 Å². The van der Waals surface area contributed by atoms with Gasteiger partial charge in [-0.3, -0.25) is 0 Å². The number of nitrogens with one attached hydrogen (secondary N) is 1. The van der Waals surface area contributed by atoms with E-state index in [2.05, 4.69) is 17.2 Å². The first-order valence-corrected chi connectivity index (χ1v) is 6.50. The maximum Gasteiger partial charge on any atom is 0.230 e. The molecule has 0 bridgehead atoms. The van der Waals surface area contributed by atoms with Crippen LogP contribution in [0.2, 0.25) is 0 Å². The number of aromatic nitrogens is 1. The van der Waals surface area contributed by atoms with E-state index in [1.807, 2.05) is 24.3 Å². The lowest BCUT2D eigenvalue weighted by atomic mass is 10.2. The van der Waals surface area contributed by atoms with Gasteiger partial charge in [0, 0.05) is 11.9 Å². The highest BCUT2D eigenvalue weighted by molar-refractivity contribution is 5.91. The minimum absolute atomic E-state index is 0.609. The van der Waals surface area contributed by atoms with Gasteiger partial charge in [0.25, 0.3) is 0 Å². The smallest absolute Gasteiger partial charge is 0.230 e. The van der Waals surface area contributed by atoms with Gasteiger partial charge in [0.05, 0.1) is 11.3 Å². The number of fused-ring (bicyclic) bond motifs is 1. The zero-order valence-corrected chi connectivity index (χ0v) is 10.8. The minimum atomic E-state index is 0.609. The van der Waals surface area contributed by atoms with Crippen molar-refractivity contribution in [3.8, 4) is 11.5 Å². The molecule has 0 saturated heterocycles. The molecule has 0 amide bonds. The standard InChI is InChI=1S/C15H16N2O2/c1-2-7-16-8-11-9-19-15(17-11)13-10-18-14-6-4-3-5-12(13)14/h3-6,9-10,16H,2,7-8H2,1H3. The lowest BCUT2D eigenvalue weighted by Crippen LogP contribution is -2.13. The van der Waals surface area contributed by atoms with Gasteiger partial charge in [-0.2, -0.15) is 0 Å². The summed E-state index contributed by atoms with van der Waals surface area (Å²) in [6.07, 6.45) is 4.50. The Morgan fingerprint density at radius 3 is 2.95 bits per heavy atom. The number of para-hydroxylation sites is 1. The zero-order chi connectivity index (χ0) is 13.1. The molecule has 3 aromatic rings. The van der Waals surface area contributed by atoms with Crippen molar-refractivity contribution in [2.24, 2.45) is 0 Å². The zero-order valence-electron chi connectivity index (χ0n) is 10.8. The summed E-state index contributed by atoms with van der Waals surface area (Å²) >= 11 is 0.